The van der Waals surface area contributed by atoms with Crippen molar-refractivity contribution >= 4 is 5.84 Å². The number of nitrogens with one attached hydrogen (secondary N) is 1. The summed E-state index contributed by atoms with van der Waals surface area (Å²) in [6.07, 6.45) is -0.762. The second-order valence-electron chi connectivity index (χ2n) is 5.10. The number of nitrogens with two attached hydrogens (primary N) is 1. The SMILES string of the molecule is N=C(N)c1ccc(-n2ccc(C3CC3)n2)cc1C(F)(F)F. The Morgan fingerprint density at radius 3 is 2.57 bits per heavy atom. The molecule has 110 valence electrons. The fourth-order valence-corrected chi connectivity index (χ4v) is 2.22. The van der Waals surface area contributed by atoms with Crippen LogP contribution in [0.15, 0.2) is 30.5 Å². The van der Waals surface area contributed by atoms with Gasteiger partial charge < -0.3 is 5.73 Å². The summed E-state index contributed by atoms with van der Waals surface area (Å²) in [4.78, 5) is 0. The van der Waals surface area contributed by atoms with Crippen LogP contribution in [-0.4, -0.2) is 15.6 Å². The molecule has 0 spiro atoms. The van der Waals surface area contributed by atoms with Crippen LogP contribution in [0.5, 0.6) is 0 Å². The fourth-order valence-electron chi connectivity index (χ4n) is 2.22. The largest absolute Gasteiger partial charge is 0.417 e. The van der Waals surface area contributed by atoms with Gasteiger partial charge in [-0.15, -0.1) is 0 Å². The van der Waals surface area contributed by atoms with E-state index in [0.717, 1.165) is 24.6 Å². The van der Waals surface area contributed by atoms with Crippen LogP contribution in [0.25, 0.3) is 5.69 Å². The standard InChI is InChI=1S/C14H13F3N4/c15-14(16,17)11-7-9(3-4-10(11)13(18)19)21-6-5-12(20-21)8-1-2-8/h3-8H,1-2H2,(H3,18,19). The molecule has 0 amide bonds. The van der Waals surface area contributed by atoms with Crippen molar-refractivity contribution in [1.29, 1.82) is 5.41 Å². The molecule has 1 aromatic carbocycles. The number of alkyl halides is 3. The number of amidine groups is 1. The molecule has 3 N–H and O–H groups in total. The monoisotopic (exact) mass is 294 g/mol. The van der Waals surface area contributed by atoms with Crippen molar-refractivity contribution in [2.75, 3.05) is 0 Å². The number of halogens is 3. The highest BCUT2D eigenvalue weighted by Crippen LogP contribution is 2.39. The van der Waals surface area contributed by atoms with E-state index in [1.165, 1.54) is 16.8 Å². The molecule has 1 aliphatic carbocycles. The van der Waals surface area contributed by atoms with Gasteiger partial charge in [0, 0.05) is 17.7 Å². The van der Waals surface area contributed by atoms with E-state index in [2.05, 4.69) is 5.10 Å². The zero-order valence-electron chi connectivity index (χ0n) is 11.0. The molecule has 2 aromatic rings. The lowest BCUT2D eigenvalue weighted by Crippen LogP contribution is -2.19. The maximum absolute atomic E-state index is 13.1. The predicted octanol–water partition coefficient (Wildman–Crippen LogP) is 3.05. The third-order valence-corrected chi connectivity index (χ3v) is 3.47. The summed E-state index contributed by atoms with van der Waals surface area (Å²) in [6, 6.07) is 5.48. The van der Waals surface area contributed by atoms with Crippen LogP contribution in [0.1, 0.15) is 35.6 Å². The van der Waals surface area contributed by atoms with Gasteiger partial charge in [0.15, 0.2) is 0 Å². The van der Waals surface area contributed by atoms with E-state index in [4.69, 9.17) is 11.1 Å². The minimum Gasteiger partial charge on any atom is -0.384 e. The number of nitrogens with zero attached hydrogens (tertiary/aromatic N) is 2. The lowest BCUT2D eigenvalue weighted by Gasteiger charge is -2.13. The Hall–Kier alpha value is -2.31. The van der Waals surface area contributed by atoms with Crippen molar-refractivity contribution in [2.24, 2.45) is 5.73 Å². The van der Waals surface area contributed by atoms with Crippen LogP contribution in [0.2, 0.25) is 0 Å². The van der Waals surface area contributed by atoms with Gasteiger partial charge in [0.1, 0.15) is 5.84 Å². The van der Waals surface area contributed by atoms with Gasteiger partial charge in [-0.05, 0) is 37.1 Å². The molecule has 4 nitrogen and oxygen atoms in total. The molecule has 1 aliphatic rings. The summed E-state index contributed by atoms with van der Waals surface area (Å²) >= 11 is 0. The number of hydrogen-bond donors (Lipinski definition) is 2. The van der Waals surface area contributed by atoms with Crippen molar-refractivity contribution < 1.29 is 13.2 Å². The number of benzene rings is 1. The van der Waals surface area contributed by atoms with E-state index in [-0.39, 0.29) is 5.56 Å². The smallest absolute Gasteiger partial charge is 0.384 e. The molecule has 0 aliphatic heterocycles. The van der Waals surface area contributed by atoms with Gasteiger partial charge in [-0.1, -0.05) is 0 Å². The summed E-state index contributed by atoms with van der Waals surface area (Å²) in [7, 11) is 0. The van der Waals surface area contributed by atoms with Gasteiger partial charge >= 0.3 is 6.18 Å². The van der Waals surface area contributed by atoms with E-state index in [1.807, 2.05) is 6.07 Å². The van der Waals surface area contributed by atoms with Crippen LogP contribution in [-0.2, 0) is 6.18 Å². The second kappa shape index (κ2) is 4.61. The highest BCUT2D eigenvalue weighted by atomic mass is 19.4. The first-order chi connectivity index (χ1) is 9.86. The third-order valence-electron chi connectivity index (χ3n) is 3.47. The lowest BCUT2D eigenvalue weighted by atomic mass is 10.1. The third kappa shape index (κ3) is 2.63. The maximum atomic E-state index is 13.1. The van der Waals surface area contributed by atoms with Crippen molar-refractivity contribution in [3.8, 4) is 5.69 Å². The molecule has 1 fully saturated rings. The highest BCUT2D eigenvalue weighted by molar-refractivity contribution is 5.96. The Morgan fingerprint density at radius 2 is 2.00 bits per heavy atom. The number of rotatable bonds is 3. The lowest BCUT2D eigenvalue weighted by molar-refractivity contribution is -0.137. The molecule has 7 heteroatoms. The zero-order chi connectivity index (χ0) is 15.2. The first kappa shape index (κ1) is 13.7. The molecular weight excluding hydrogens is 281 g/mol. The molecule has 3 rings (SSSR count). The van der Waals surface area contributed by atoms with Gasteiger partial charge in [0.05, 0.1) is 16.9 Å². The van der Waals surface area contributed by atoms with Crippen LogP contribution < -0.4 is 5.73 Å². The first-order valence-corrected chi connectivity index (χ1v) is 6.48. The molecule has 0 unspecified atom stereocenters. The predicted molar refractivity (Wildman–Crippen MR) is 71.6 cm³/mol. The van der Waals surface area contributed by atoms with E-state index in [9.17, 15) is 13.2 Å². The Balaban J connectivity index is 2.04. The Labute approximate surface area is 118 Å². The molecule has 0 radical (unpaired) electrons. The minimum atomic E-state index is -4.57. The summed E-state index contributed by atoms with van der Waals surface area (Å²) in [5.74, 6) is -0.169. The molecule has 0 bridgehead atoms. The minimum absolute atomic E-state index is 0.305. The van der Waals surface area contributed by atoms with Crippen molar-refractivity contribution in [1.82, 2.24) is 9.78 Å². The topological polar surface area (TPSA) is 67.7 Å². The highest BCUT2D eigenvalue weighted by Gasteiger charge is 2.34. The molecule has 1 saturated carbocycles. The van der Waals surface area contributed by atoms with Crippen molar-refractivity contribution in [3.05, 3.63) is 47.3 Å². The van der Waals surface area contributed by atoms with Gasteiger partial charge in [0.2, 0.25) is 0 Å². The Morgan fingerprint density at radius 1 is 1.29 bits per heavy atom. The fraction of sp³-hybridized carbons (Fsp3) is 0.286. The summed E-state index contributed by atoms with van der Waals surface area (Å²) in [5, 5.41) is 11.6. The van der Waals surface area contributed by atoms with Gasteiger partial charge in [-0.2, -0.15) is 18.3 Å². The summed E-state index contributed by atoms with van der Waals surface area (Å²) < 4.78 is 40.6. The maximum Gasteiger partial charge on any atom is 0.417 e. The first-order valence-electron chi connectivity index (χ1n) is 6.48. The molecule has 0 saturated heterocycles. The van der Waals surface area contributed by atoms with Crippen LogP contribution in [0.4, 0.5) is 13.2 Å². The van der Waals surface area contributed by atoms with Crippen molar-refractivity contribution in [3.63, 3.8) is 0 Å². The normalized spacial score (nSPS) is 15.2. The van der Waals surface area contributed by atoms with E-state index >= 15 is 0 Å². The summed E-state index contributed by atoms with van der Waals surface area (Å²) in [5.41, 5.74) is 5.18. The van der Waals surface area contributed by atoms with Crippen LogP contribution in [0, 0.1) is 5.41 Å². The van der Waals surface area contributed by atoms with E-state index < -0.39 is 17.6 Å². The van der Waals surface area contributed by atoms with Crippen molar-refractivity contribution in [2.45, 2.75) is 24.9 Å². The zero-order valence-corrected chi connectivity index (χ0v) is 11.0. The molecule has 1 heterocycles. The molecule has 21 heavy (non-hydrogen) atoms. The molecule has 1 aromatic heterocycles. The van der Waals surface area contributed by atoms with Crippen LogP contribution in [0.3, 0.4) is 0 Å². The average Bonchev–Trinajstić information content (AvgIpc) is 3.15. The van der Waals surface area contributed by atoms with Gasteiger partial charge in [-0.25, -0.2) is 4.68 Å². The van der Waals surface area contributed by atoms with Gasteiger partial charge in [0.25, 0.3) is 0 Å². The summed E-state index contributed by atoms with van der Waals surface area (Å²) in [6.45, 7) is 0. The second-order valence-corrected chi connectivity index (χ2v) is 5.10. The van der Waals surface area contributed by atoms with E-state index in [0.29, 0.717) is 11.6 Å². The van der Waals surface area contributed by atoms with Crippen LogP contribution >= 0.6 is 0 Å². The average molecular weight is 294 g/mol. The molecule has 0 atom stereocenters. The molecular formula is C14H13F3N4. The number of hydrogen-bond acceptors (Lipinski definition) is 2. The van der Waals surface area contributed by atoms with E-state index in [1.54, 1.807) is 6.20 Å². The Bertz CT molecular complexity index is 698. The van der Waals surface area contributed by atoms with Gasteiger partial charge in [-0.3, -0.25) is 5.41 Å². The number of nitrogen functional groups attached to an aromatic ring is 1. The number of aromatic nitrogens is 2. The Kier molecular flexibility index (Phi) is 3.00. The quantitative estimate of drug-likeness (QED) is 0.675.